The van der Waals surface area contributed by atoms with Gasteiger partial charge in [0.05, 0.1) is 11.3 Å². The van der Waals surface area contributed by atoms with Crippen molar-refractivity contribution in [3.63, 3.8) is 0 Å². The Hall–Kier alpha value is -1.09. The SMILES string of the molecule is CC.CC.CCn1cnc2c(Cl)cc(C)nc21. The Morgan fingerprint density at radius 2 is 1.82 bits per heavy atom. The molecule has 0 unspecified atom stereocenters. The van der Waals surface area contributed by atoms with E-state index in [9.17, 15) is 0 Å². The minimum absolute atomic E-state index is 0.676. The molecule has 0 amide bonds. The van der Waals surface area contributed by atoms with Crippen LogP contribution in [0.2, 0.25) is 5.02 Å². The van der Waals surface area contributed by atoms with E-state index in [1.165, 1.54) is 0 Å². The molecule has 0 spiro atoms. The number of aromatic nitrogens is 3. The standard InChI is InChI=1S/C9H10ClN3.2C2H6/c1-3-13-5-11-8-7(10)4-6(2)12-9(8)13;2*1-2/h4-5H,3H2,1-2H3;2*1-2H3. The van der Waals surface area contributed by atoms with E-state index >= 15 is 0 Å². The molecule has 0 aliphatic rings. The summed E-state index contributed by atoms with van der Waals surface area (Å²) >= 11 is 6.02. The van der Waals surface area contributed by atoms with Crippen LogP contribution < -0.4 is 0 Å². The summed E-state index contributed by atoms with van der Waals surface area (Å²) in [5.74, 6) is 0. The summed E-state index contributed by atoms with van der Waals surface area (Å²) in [7, 11) is 0. The minimum atomic E-state index is 0.676. The zero-order chi connectivity index (χ0) is 13.4. The fraction of sp³-hybridized carbons (Fsp3) is 0.538. The molecule has 2 rings (SSSR count). The van der Waals surface area contributed by atoms with Gasteiger partial charge in [-0.25, -0.2) is 9.97 Å². The Bertz CT molecular complexity index is 449. The third kappa shape index (κ3) is 3.70. The van der Waals surface area contributed by atoms with Crippen molar-refractivity contribution < 1.29 is 0 Å². The highest BCUT2D eigenvalue weighted by Crippen LogP contribution is 2.21. The lowest BCUT2D eigenvalue weighted by atomic mass is 10.3. The first-order valence-corrected chi connectivity index (χ1v) is 6.58. The molecule has 0 aliphatic heterocycles. The summed E-state index contributed by atoms with van der Waals surface area (Å²) < 4.78 is 1.98. The third-order valence-corrected chi connectivity index (χ3v) is 2.28. The number of hydrogen-bond acceptors (Lipinski definition) is 2. The number of rotatable bonds is 1. The summed E-state index contributed by atoms with van der Waals surface area (Å²) in [5.41, 5.74) is 2.58. The monoisotopic (exact) mass is 255 g/mol. The maximum absolute atomic E-state index is 6.02. The van der Waals surface area contributed by atoms with Gasteiger partial charge in [-0.05, 0) is 19.9 Å². The van der Waals surface area contributed by atoms with Crippen LogP contribution in [-0.2, 0) is 6.54 Å². The summed E-state index contributed by atoms with van der Waals surface area (Å²) in [6.07, 6.45) is 1.77. The predicted molar refractivity (Wildman–Crippen MR) is 75.6 cm³/mol. The molecule has 2 heterocycles. The molecule has 17 heavy (non-hydrogen) atoms. The number of hydrogen-bond donors (Lipinski definition) is 0. The van der Waals surface area contributed by atoms with Gasteiger partial charge in [-0.2, -0.15) is 0 Å². The molecule has 2 aromatic heterocycles. The lowest BCUT2D eigenvalue weighted by Gasteiger charge is -1.99. The Morgan fingerprint density at radius 3 is 2.35 bits per heavy atom. The van der Waals surface area contributed by atoms with Crippen LogP contribution in [0.5, 0.6) is 0 Å². The molecule has 0 atom stereocenters. The molecule has 3 nitrogen and oxygen atoms in total. The van der Waals surface area contributed by atoms with E-state index in [1.807, 2.05) is 45.3 Å². The van der Waals surface area contributed by atoms with E-state index in [2.05, 4.69) is 16.9 Å². The first kappa shape index (κ1) is 15.9. The van der Waals surface area contributed by atoms with Crippen molar-refractivity contribution in [3.05, 3.63) is 23.1 Å². The average molecular weight is 256 g/mol. The summed E-state index contributed by atoms with van der Waals surface area (Å²) in [5, 5.41) is 0.676. The van der Waals surface area contributed by atoms with Gasteiger partial charge in [-0.1, -0.05) is 39.3 Å². The molecule has 0 aliphatic carbocycles. The van der Waals surface area contributed by atoms with Gasteiger partial charge in [0.2, 0.25) is 0 Å². The molecule has 2 aromatic rings. The van der Waals surface area contributed by atoms with Crippen LogP contribution in [0.25, 0.3) is 11.2 Å². The highest BCUT2D eigenvalue weighted by Gasteiger charge is 2.06. The first-order chi connectivity index (χ1) is 8.22. The van der Waals surface area contributed by atoms with Gasteiger partial charge < -0.3 is 4.57 Å². The second kappa shape index (κ2) is 8.07. The fourth-order valence-electron chi connectivity index (χ4n) is 1.34. The van der Waals surface area contributed by atoms with E-state index in [1.54, 1.807) is 6.33 Å². The highest BCUT2D eigenvalue weighted by atomic mass is 35.5. The minimum Gasteiger partial charge on any atom is -0.316 e. The number of pyridine rings is 1. The third-order valence-electron chi connectivity index (χ3n) is 1.99. The normalized spacial score (nSPS) is 9.12. The molecule has 4 heteroatoms. The number of halogens is 1. The van der Waals surface area contributed by atoms with Crippen molar-refractivity contribution in [1.82, 2.24) is 14.5 Å². The molecule has 0 fully saturated rings. The Morgan fingerprint density at radius 1 is 1.24 bits per heavy atom. The van der Waals surface area contributed by atoms with E-state index in [4.69, 9.17) is 11.6 Å². The smallest absolute Gasteiger partial charge is 0.161 e. The van der Waals surface area contributed by atoms with Gasteiger partial charge in [-0.3, -0.25) is 0 Å². The summed E-state index contributed by atoms with van der Waals surface area (Å²) in [6.45, 7) is 12.8. The van der Waals surface area contributed by atoms with Gasteiger partial charge in [0, 0.05) is 12.2 Å². The van der Waals surface area contributed by atoms with Gasteiger partial charge in [0.1, 0.15) is 5.52 Å². The highest BCUT2D eigenvalue weighted by molar-refractivity contribution is 6.34. The Labute approximate surface area is 109 Å². The van der Waals surface area contributed by atoms with Crippen molar-refractivity contribution in [2.24, 2.45) is 0 Å². The van der Waals surface area contributed by atoms with Crippen LogP contribution in [-0.4, -0.2) is 14.5 Å². The lowest BCUT2D eigenvalue weighted by Crippen LogP contribution is -1.94. The van der Waals surface area contributed by atoms with Crippen LogP contribution in [0.3, 0.4) is 0 Å². The lowest BCUT2D eigenvalue weighted by molar-refractivity contribution is 0.777. The van der Waals surface area contributed by atoms with Crippen molar-refractivity contribution in [3.8, 4) is 0 Å². The van der Waals surface area contributed by atoms with Crippen molar-refractivity contribution in [2.75, 3.05) is 0 Å². The van der Waals surface area contributed by atoms with E-state index < -0.39 is 0 Å². The Balaban J connectivity index is 0.000000581. The molecule has 0 aromatic carbocycles. The molecular weight excluding hydrogens is 234 g/mol. The van der Waals surface area contributed by atoms with Crippen LogP contribution in [0, 0.1) is 6.92 Å². The number of imidazole rings is 1. The van der Waals surface area contributed by atoms with Gasteiger partial charge in [0.25, 0.3) is 0 Å². The molecule has 0 radical (unpaired) electrons. The molecule has 0 saturated heterocycles. The number of fused-ring (bicyclic) bond motifs is 1. The van der Waals surface area contributed by atoms with Crippen LogP contribution in [0.4, 0.5) is 0 Å². The fourth-order valence-corrected chi connectivity index (χ4v) is 1.64. The predicted octanol–water partition coefficient (Wildman–Crippen LogP) is 4.47. The van der Waals surface area contributed by atoms with Crippen molar-refractivity contribution in [1.29, 1.82) is 0 Å². The molecule has 0 N–H and O–H groups in total. The molecule has 0 saturated carbocycles. The van der Waals surface area contributed by atoms with Crippen molar-refractivity contribution in [2.45, 2.75) is 48.1 Å². The van der Waals surface area contributed by atoms with Gasteiger partial charge in [0.15, 0.2) is 5.65 Å². The van der Waals surface area contributed by atoms with Crippen LogP contribution in [0.1, 0.15) is 40.3 Å². The van der Waals surface area contributed by atoms with E-state index in [0.717, 1.165) is 23.4 Å². The maximum Gasteiger partial charge on any atom is 0.161 e. The zero-order valence-corrected chi connectivity index (χ0v) is 12.3. The Kier molecular flexibility index (Phi) is 7.55. The topological polar surface area (TPSA) is 30.7 Å². The van der Waals surface area contributed by atoms with E-state index in [0.29, 0.717) is 5.02 Å². The first-order valence-electron chi connectivity index (χ1n) is 6.20. The van der Waals surface area contributed by atoms with Crippen LogP contribution in [0.15, 0.2) is 12.4 Å². The molecular formula is C13H22ClN3. The second-order valence-electron chi connectivity index (χ2n) is 2.95. The molecule has 0 bridgehead atoms. The average Bonchev–Trinajstić information content (AvgIpc) is 2.77. The maximum atomic E-state index is 6.02. The quantitative estimate of drug-likeness (QED) is 0.753. The van der Waals surface area contributed by atoms with Gasteiger partial charge in [-0.15, -0.1) is 0 Å². The zero-order valence-electron chi connectivity index (χ0n) is 11.6. The summed E-state index contributed by atoms with van der Waals surface area (Å²) in [4.78, 5) is 8.58. The van der Waals surface area contributed by atoms with Crippen LogP contribution >= 0.6 is 11.6 Å². The van der Waals surface area contributed by atoms with Crippen molar-refractivity contribution >= 4 is 22.8 Å². The largest absolute Gasteiger partial charge is 0.316 e. The summed E-state index contributed by atoms with van der Waals surface area (Å²) in [6, 6.07) is 1.83. The number of aryl methyl sites for hydroxylation is 2. The molecule has 96 valence electrons. The second-order valence-corrected chi connectivity index (χ2v) is 3.36. The van der Waals surface area contributed by atoms with E-state index in [-0.39, 0.29) is 0 Å². The van der Waals surface area contributed by atoms with Gasteiger partial charge >= 0.3 is 0 Å². The number of nitrogens with zero attached hydrogens (tertiary/aromatic N) is 3.